The van der Waals surface area contributed by atoms with Gasteiger partial charge in [-0.25, -0.2) is 0 Å². The van der Waals surface area contributed by atoms with Crippen LogP contribution in [-0.2, 0) is 82.0 Å². The quantitative estimate of drug-likeness (QED) is 0.0414. The Labute approximate surface area is 465 Å². The minimum absolute atomic E-state index is 0.0580. The number of carbonyl (C=O) groups excluding carboxylic acids is 1. The zero-order valence-corrected chi connectivity index (χ0v) is 46.7. The second kappa shape index (κ2) is 31.3. The summed E-state index contributed by atoms with van der Waals surface area (Å²) in [6.07, 6.45) is 7.18. The lowest BCUT2D eigenvalue weighted by Gasteiger charge is -2.46. The van der Waals surface area contributed by atoms with Crippen molar-refractivity contribution in [3.05, 3.63) is 203 Å². The first kappa shape index (κ1) is 58.6. The summed E-state index contributed by atoms with van der Waals surface area (Å²) in [7, 11) is 0. The highest BCUT2D eigenvalue weighted by atomic mass is 16.8. The van der Waals surface area contributed by atoms with E-state index >= 15 is 0 Å². The Morgan fingerprint density at radius 3 is 1.50 bits per heavy atom. The van der Waals surface area contributed by atoms with Gasteiger partial charge < -0.3 is 43.2 Å². The molecule has 2 saturated heterocycles. The van der Waals surface area contributed by atoms with Crippen molar-refractivity contribution in [2.45, 2.75) is 186 Å². The maximum Gasteiger partial charge on any atom is 0.220 e. The smallest absolute Gasteiger partial charge is 0.220 e. The molecule has 78 heavy (non-hydrogen) atoms. The Hall–Kier alpha value is -5.53. The van der Waals surface area contributed by atoms with Crippen LogP contribution < -0.4 is 5.32 Å². The van der Waals surface area contributed by atoms with Gasteiger partial charge in [0.2, 0.25) is 5.91 Å². The summed E-state index contributed by atoms with van der Waals surface area (Å²) in [5.74, 6) is -0.925. The predicted molar refractivity (Wildman–Crippen MR) is 308 cm³/mol. The molecular formula is C68H85NO9. The normalized spacial score (nSPS) is 21.3. The van der Waals surface area contributed by atoms with Crippen LogP contribution in [0.1, 0.15) is 125 Å². The van der Waals surface area contributed by atoms with Crippen molar-refractivity contribution in [3.63, 3.8) is 0 Å². The van der Waals surface area contributed by atoms with Crippen molar-refractivity contribution in [1.82, 2.24) is 5.32 Å². The van der Waals surface area contributed by atoms with Gasteiger partial charge in [0.25, 0.3) is 0 Å². The fraction of sp³-hybridized carbons (Fsp3) is 0.456. The Morgan fingerprint density at radius 2 is 0.974 bits per heavy atom. The van der Waals surface area contributed by atoms with Gasteiger partial charge >= 0.3 is 0 Å². The van der Waals surface area contributed by atoms with Crippen LogP contribution in [0.2, 0.25) is 0 Å². The van der Waals surface area contributed by atoms with E-state index in [4.69, 9.17) is 37.9 Å². The summed E-state index contributed by atoms with van der Waals surface area (Å²) >= 11 is 0. The molecule has 2 fully saturated rings. The van der Waals surface area contributed by atoms with Gasteiger partial charge in [0.05, 0.1) is 51.8 Å². The summed E-state index contributed by atoms with van der Waals surface area (Å²) in [5.41, 5.74) is 9.15. The van der Waals surface area contributed by atoms with Crippen LogP contribution in [0.3, 0.4) is 0 Å². The van der Waals surface area contributed by atoms with Crippen molar-refractivity contribution in [2.75, 3.05) is 13.2 Å². The van der Waals surface area contributed by atoms with Crippen molar-refractivity contribution in [3.8, 4) is 11.1 Å². The Balaban J connectivity index is 1.01. The van der Waals surface area contributed by atoms with Crippen LogP contribution in [0.15, 0.2) is 170 Å². The molecule has 0 aliphatic carbocycles. The first-order valence-corrected chi connectivity index (χ1v) is 28.9. The second-order valence-electron chi connectivity index (χ2n) is 21.5. The van der Waals surface area contributed by atoms with E-state index < -0.39 is 48.6 Å². The molecule has 0 saturated carbocycles. The van der Waals surface area contributed by atoms with Crippen LogP contribution in [0, 0.1) is 0 Å². The number of unbranched alkanes of at least 4 members (excludes halogenated alkanes) is 5. The lowest BCUT2D eigenvalue weighted by atomic mass is 9.97. The number of ether oxygens (including phenoxy) is 8. The zero-order chi connectivity index (χ0) is 54.2. The van der Waals surface area contributed by atoms with Gasteiger partial charge in [0.15, 0.2) is 12.1 Å². The van der Waals surface area contributed by atoms with Gasteiger partial charge in [-0.1, -0.05) is 216 Å². The fourth-order valence-electron chi connectivity index (χ4n) is 10.5. The summed E-state index contributed by atoms with van der Waals surface area (Å²) in [6.45, 7) is 9.84. The molecule has 6 aromatic rings. The molecule has 416 valence electrons. The van der Waals surface area contributed by atoms with Crippen LogP contribution in [0.5, 0.6) is 0 Å². The zero-order valence-electron chi connectivity index (χ0n) is 46.7. The van der Waals surface area contributed by atoms with Crippen molar-refractivity contribution >= 4 is 5.91 Å². The first-order chi connectivity index (χ1) is 38.2. The predicted octanol–water partition coefficient (Wildman–Crippen LogP) is 14.1. The fourth-order valence-corrected chi connectivity index (χ4v) is 10.5. The Kier molecular flexibility index (Phi) is 23.5. The highest BCUT2D eigenvalue weighted by molar-refractivity contribution is 5.76. The van der Waals surface area contributed by atoms with E-state index in [-0.39, 0.29) is 31.8 Å². The maximum atomic E-state index is 14.2. The van der Waals surface area contributed by atoms with E-state index in [0.29, 0.717) is 26.2 Å². The summed E-state index contributed by atoms with van der Waals surface area (Å²) in [4.78, 5) is 14.2. The Morgan fingerprint density at radius 1 is 0.500 bits per heavy atom. The van der Waals surface area contributed by atoms with Crippen molar-refractivity contribution in [1.29, 1.82) is 0 Å². The standard InChI is InChI=1S/C68H85NO9/c1-5-7-13-25-51-37-41-57(42-38-51)58-43-39-52(40-44-58)26-23-24-36-62(70)69-59(63-60(35-14-8-6-2)77-68(3,4)78-63)49-75-67-66(74-48-56-33-21-12-22-34-56)65(73-47-55-31-19-11-20-32-55)64(72-46-54-29-17-10-18-30-54)61(76-67)50-71-45-53-27-15-9-16-28-53/h9-12,15-22,27-34,37-44,59-61,63-67H,5-8,13-14,23-26,35-36,45-50H2,1-4H3,(H,69,70)/t59-,60-,61?,63-,64?,65?,66?,67?/m0/s1. The van der Waals surface area contributed by atoms with Crippen LogP contribution in [0.4, 0.5) is 0 Å². The molecule has 6 aromatic carbocycles. The SMILES string of the molecule is CCCCCc1ccc(-c2ccc(CCCCC(=O)N[C@@H](COC3OC(COCc4ccccc4)C(OCc4ccccc4)C(OCc4ccccc4)C3OCc3ccccc3)[C@@H]3OC(C)(C)O[C@H]3CCCCC)cc2)cc1. The number of benzene rings is 6. The van der Waals surface area contributed by atoms with E-state index in [1.165, 1.54) is 41.5 Å². The minimum Gasteiger partial charge on any atom is -0.374 e. The molecule has 10 nitrogen and oxygen atoms in total. The maximum absolute atomic E-state index is 14.2. The average Bonchev–Trinajstić information content (AvgIpc) is 3.87. The first-order valence-electron chi connectivity index (χ1n) is 28.9. The third-order valence-corrected chi connectivity index (χ3v) is 14.8. The number of amides is 1. The largest absolute Gasteiger partial charge is 0.374 e. The second-order valence-corrected chi connectivity index (χ2v) is 21.5. The molecule has 8 rings (SSSR count). The molecule has 0 radical (unpaired) electrons. The number of nitrogens with one attached hydrogen (secondary N) is 1. The number of aryl methyl sites for hydroxylation is 2. The van der Waals surface area contributed by atoms with Gasteiger partial charge in [-0.05, 0) is 96.9 Å². The molecule has 10 heteroatoms. The van der Waals surface area contributed by atoms with Crippen LogP contribution in [-0.4, -0.2) is 73.9 Å². The topological polar surface area (TPSA) is 103 Å². The van der Waals surface area contributed by atoms with E-state index in [9.17, 15) is 4.79 Å². The highest BCUT2D eigenvalue weighted by Crippen LogP contribution is 2.36. The Bertz CT molecular complexity index is 2580. The third kappa shape index (κ3) is 18.5. The molecular weight excluding hydrogens is 975 g/mol. The van der Waals surface area contributed by atoms with Crippen molar-refractivity contribution in [2.24, 2.45) is 0 Å². The number of hydrogen-bond donors (Lipinski definition) is 1. The van der Waals surface area contributed by atoms with Gasteiger partial charge in [-0.3, -0.25) is 4.79 Å². The molecule has 2 aliphatic heterocycles. The number of rotatable bonds is 32. The van der Waals surface area contributed by atoms with E-state index in [0.717, 1.165) is 73.6 Å². The molecule has 0 aromatic heterocycles. The molecule has 2 aliphatic rings. The van der Waals surface area contributed by atoms with Crippen LogP contribution in [0.25, 0.3) is 11.1 Å². The number of hydrogen-bond acceptors (Lipinski definition) is 9. The van der Waals surface area contributed by atoms with Gasteiger partial charge in [0, 0.05) is 6.42 Å². The highest BCUT2D eigenvalue weighted by Gasteiger charge is 2.51. The van der Waals surface area contributed by atoms with Crippen LogP contribution >= 0.6 is 0 Å². The van der Waals surface area contributed by atoms with Crippen molar-refractivity contribution < 1.29 is 42.7 Å². The van der Waals surface area contributed by atoms with E-state index in [2.05, 4.69) is 79.8 Å². The summed E-state index contributed by atoms with van der Waals surface area (Å²) < 4.78 is 54.8. The lowest BCUT2D eigenvalue weighted by molar-refractivity contribution is -0.329. The van der Waals surface area contributed by atoms with Gasteiger partial charge in [0.1, 0.15) is 30.5 Å². The summed E-state index contributed by atoms with van der Waals surface area (Å²) in [6, 6.07) is 57.7. The minimum atomic E-state index is -0.967. The molecule has 8 atom stereocenters. The van der Waals surface area contributed by atoms with Gasteiger partial charge in [-0.15, -0.1) is 0 Å². The lowest BCUT2D eigenvalue weighted by Crippen LogP contribution is -2.62. The summed E-state index contributed by atoms with van der Waals surface area (Å²) in [5, 5.41) is 3.39. The average molecular weight is 1060 g/mol. The van der Waals surface area contributed by atoms with Gasteiger partial charge in [-0.2, -0.15) is 0 Å². The molecule has 0 spiro atoms. The van der Waals surface area contributed by atoms with E-state index in [1.807, 2.05) is 123 Å². The third-order valence-electron chi connectivity index (χ3n) is 14.8. The van der Waals surface area contributed by atoms with E-state index in [1.54, 1.807) is 0 Å². The molecule has 1 N–H and O–H groups in total. The molecule has 5 unspecified atom stereocenters. The number of carbonyl (C=O) groups is 1. The molecule has 0 bridgehead atoms. The monoisotopic (exact) mass is 1060 g/mol. The molecule has 2 heterocycles. The molecule has 1 amide bonds.